The first-order valence-electron chi connectivity index (χ1n) is 5.53. The van der Waals surface area contributed by atoms with Gasteiger partial charge >= 0.3 is 5.97 Å². The minimum Gasteiger partial charge on any atom is -0.468 e. The number of carbonyl (C=O) groups excluding carboxylic acids is 1. The average Bonchev–Trinajstić information content (AvgIpc) is 2.87. The lowest BCUT2D eigenvalue weighted by Crippen LogP contribution is -2.39. The highest BCUT2D eigenvalue weighted by Crippen LogP contribution is 2.29. The average molecular weight is 199 g/mol. The van der Waals surface area contributed by atoms with E-state index in [-0.39, 0.29) is 12.0 Å². The summed E-state index contributed by atoms with van der Waals surface area (Å²) in [5, 5.41) is 3.35. The van der Waals surface area contributed by atoms with Crippen LogP contribution in [0.5, 0.6) is 0 Å². The molecule has 3 unspecified atom stereocenters. The van der Waals surface area contributed by atoms with Gasteiger partial charge in [0.2, 0.25) is 0 Å². The van der Waals surface area contributed by atoms with Gasteiger partial charge in [0.25, 0.3) is 0 Å². The van der Waals surface area contributed by atoms with Crippen molar-refractivity contribution in [2.24, 2.45) is 5.92 Å². The van der Waals surface area contributed by atoms with Gasteiger partial charge in [-0.3, -0.25) is 4.79 Å². The quantitative estimate of drug-likeness (QED) is 0.662. The fourth-order valence-corrected chi connectivity index (χ4v) is 1.63. The zero-order valence-corrected chi connectivity index (χ0v) is 9.38. The van der Waals surface area contributed by atoms with Gasteiger partial charge in [-0.05, 0) is 18.8 Å². The van der Waals surface area contributed by atoms with Crippen molar-refractivity contribution in [2.45, 2.75) is 51.6 Å². The summed E-state index contributed by atoms with van der Waals surface area (Å²) in [5.74, 6) is 0.612. The molecule has 0 saturated heterocycles. The summed E-state index contributed by atoms with van der Waals surface area (Å²) in [6, 6.07) is 0.450. The molecule has 1 fully saturated rings. The van der Waals surface area contributed by atoms with E-state index in [0.717, 1.165) is 25.2 Å². The first-order chi connectivity index (χ1) is 6.69. The van der Waals surface area contributed by atoms with Crippen LogP contribution in [-0.4, -0.2) is 25.2 Å². The monoisotopic (exact) mass is 199 g/mol. The molecule has 0 amide bonds. The van der Waals surface area contributed by atoms with Crippen LogP contribution in [0, 0.1) is 5.92 Å². The van der Waals surface area contributed by atoms with Gasteiger partial charge in [0.1, 0.15) is 6.04 Å². The van der Waals surface area contributed by atoms with Crippen LogP contribution in [0.1, 0.15) is 39.5 Å². The lowest BCUT2D eigenvalue weighted by Gasteiger charge is -2.15. The maximum absolute atomic E-state index is 11.4. The Morgan fingerprint density at radius 1 is 1.64 bits per heavy atom. The number of hydrogen-bond acceptors (Lipinski definition) is 3. The van der Waals surface area contributed by atoms with E-state index in [1.807, 2.05) is 0 Å². The normalized spacial score (nSPS) is 27.1. The summed E-state index contributed by atoms with van der Waals surface area (Å²) in [7, 11) is 1.46. The van der Waals surface area contributed by atoms with Gasteiger partial charge in [-0.15, -0.1) is 0 Å². The lowest BCUT2D eigenvalue weighted by atomic mass is 10.1. The molecule has 0 aromatic carbocycles. The van der Waals surface area contributed by atoms with E-state index in [4.69, 9.17) is 4.74 Å². The van der Waals surface area contributed by atoms with Crippen LogP contribution in [-0.2, 0) is 9.53 Å². The maximum atomic E-state index is 11.4. The van der Waals surface area contributed by atoms with Crippen molar-refractivity contribution in [3.8, 4) is 0 Å². The number of unbranched alkanes of at least 4 members (excludes halogenated alkanes) is 1. The van der Waals surface area contributed by atoms with Crippen molar-refractivity contribution in [3.63, 3.8) is 0 Å². The number of carbonyl (C=O) groups is 1. The largest absolute Gasteiger partial charge is 0.468 e. The number of nitrogens with one attached hydrogen (secondary N) is 1. The molecule has 0 heterocycles. The molecule has 1 saturated carbocycles. The van der Waals surface area contributed by atoms with Gasteiger partial charge in [0.15, 0.2) is 0 Å². The Kier molecular flexibility index (Phi) is 4.39. The van der Waals surface area contributed by atoms with Crippen molar-refractivity contribution >= 4 is 5.97 Å². The van der Waals surface area contributed by atoms with Gasteiger partial charge in [0, 0.05) is 6.04 Å². The van der Waals surface area contributed by atoms with Gasteiger partial charge in [-0.25, -0.2) is 0 Å². The summed E-state index contributed by atoms with van der Waals surface area (Å²) in [6.45, 7) is 4.33. The molecule has 1 aliphatic rings. The second-order valence-electron chi connectivity index (χ2n) is 4.20. The summed E-state index contributed by atoms with van der Waals surface area (Å²) in [6.07, 6.45) is 4.29. The molecule has 1 aliphatic carbocycles. The molecule has 3 atom stereocenters. The molecule has 1 rings (SSSR count). The number of esters is 1. The number of rotatable bonds is 6. The van der Waals surface area contributed by atoms with Crippen LogP contribution in [0.15, 0.2) is 0 Å². The molecule has 14 heavy (non-hydrogen) atoms. The molecule has 3 heteroatoms. The Labute approximate surface area is 86.2 Å². The minimum atomic E-state index is -0.113. The fourth-order valence-electron chi connectivity index (χ4n) is 1.63. The Morgan fingerprint density at radius 2 is 2.29 bits per heavy atom. The summed E-state index contributed by atoms with van der Waals surface area (Å²) >= 11 is 0. The van der Waals surface area contributed by atoms with Gasteiger partial charge in [-0.2, -0.15) is 0 Å². The zero-order chi connectivity index (χ0) is 10.6. The van der Waals surface area contributed by atoms with Crippen molar-refractivity contribution in [1.82, 2.24) is 5.32 Å². The molecule has 0 radical (unpaired) electrons. The summed E-state index contributed by atoms with van der Waals surface area (Å²) < 4.78 is 4.77. The highest BCUT2D eigenvalue weighted by Gasteiger charge is 2.35. The first-order valence-corrected chi connectivity index (χ1v) is 5.53. The summed E-state index contributed by atoms with van der Waals surface area (Å²) in [5.41, 5.74) is 0. The van der Waals surface area contributed by atoms with Crippen LogP contribution < -0.4 is 5.32 Å². The maximum Gasteiger partial charge on any atom is 0.322 e. The van der Waals surface area contributed by atoms with Crippen LogP contribution in [0.2, 0.25) is 0 Å². The topological polar surface area (TPSA) is 38.3 Å². The molecular formula is C11H21NO2. The predicted molar refractivity (Wildman–Crippen MR) is 56.0 cm³/mol. The Morgan fingerprint density at radius 3 is 2.71 bits per heavy atom. The highest BCUT2D eigenvalue weighted by molar-refractivity contribution is 5.75. The van der Waals surface area contributed by atoms with Crippen LogP contribution >= 0.6 is 0 Å². The minimum absolute atomic E-state index is 0.0881. The molecular weight excluding hydrogens is 178 g/mol. The van der Waals surface area contributed by atoms with Crippen molar-refractivity contribution < 1.29 is 9.53 Å². The fraction of sp³-hybridized carbons (Fsp3) is 0.909. The highest BCUT2D eigenvalue weighted by atomic mass is 16.5. The van der Waals surface area contributed by atoms with E-state index < -0.39 is 0 Å². The van der Waals surface area contributed by atoms with Crippen LogP contribution in [0.3, 0.4) is 0 Å². The van der Waals surface area contributed by atoms with E-state index in [1.165, 1.54) is 13.5 Å². The van der Waals surface area contributed by atoms with Crippen molar-refractivity contribution in [2.75, 3.05) is 7.11 Å². The molecule has 0 aromatic rings. The molecule has 0 bridgehead atoms. The third-order valence-corrected chi connectivity index (χ3v) is 2.86. The lowest BCUT2D eigenvalue weighted by molar-refractivity contribution is -0.143. The molecule has 3 nitrogen and oxygen atoms in total. The molecule has 0 aromatic heterocycles. The first kappa shape index (κ1) is 11.5. The third kappa shape index (κ3) is 3.29. The summed E-state index contributed by atoms with van der Waals surface area (Å²) in [4.78, 5) is 11.4. The Bertz CT molecular complexity index is 194. The van der Waals surface area contributed by atoms with E-state index in [9.17, 15) is 4.79 Å². The van der Waals surface area contributed by atoms with Gasteiger partial charge in [-0.1, -0.05) is 26.7 Å². The second kappa shape index (κ2) is 5.35. The standard InChI is InChI=1S/C11H21NO2/c1-4-5-6-9(11(13)14-3)12-10-7-8(10)2/h8-10,12H,4-7H2,1-3H3. The smallest absolute Gasteiger partial charge is 0.322 e. The van der Waals surface area contributed by atoms with Gasteiger partial charge in [0.05, 0.1) is 7.11 Å². The van der Waals surface area contributed by atoms with E-state index in [0.29, 0.717) is 6.04 Å². The Balaban J connectivity index is 2.31. The zero-order valence-electron chi connectivity index (χ0n) is 9.38. The van der Waals surface area contributed by atoms with E-state index in [1.54, 1.807) is 0 Å². The van der Waals surface area contributed by atoms with Crippen LogP contribution in [0.25, 0.3) is 0 Å². The van der Waals surface area contributed by atoms with Crippen LogP contribution in [0.4, 0.5) is 0 Å². The van der Waals surface area contributed by atoms with Crippen molar-refractivity contribution in [3.05, 3.63) is 0 Å². The predicted octanol–water partition coefficient (Wildman–Crippen LogP) is 1.72. The molecule has 0 spiro atoms. The van der Waals surface area contributed by atoms with Gasteiger partial charge < -0.3 is 10.1 Å². The molecule has 1 N–H and O–H groups in total. The van der Waals surface area contributed by atoms with Crippen molar-refractivity contribution in [1.29, 1.82) is 0 Å². The number of ether oxygens (including phenoxy) is 1. The third-order valence-electron chi connectivity index (χ3n) is 2.86. The molecule has 82 valence electrons. The molecule has 0 aliphatic heterocycles. The number of hydrogen-bond donors (Lipinski definition) is 1. The second-order valence-corrected chi connectivity index (χ2v) is 4.20. The van der Waals surface area contributed by atoms with E-state index in [2.05, 4.69) is 19.2 Å². The number of methoxy groups -OCH3 is 1. The van der Waals surface area contributed by atoms with E-state index >= 15 is 0 Å². The Hall–Kier alpha value is -0.570. The SMILES string of the molecule is CCCCC(NC1CC1C)C(=O)OC.